The van der Waals surface area contributed by atoms with Gasteiger partial charge in [0.1, 0.15) is 0 Å². The Bertz CT molecular complexity index is 441. The largest absolute Gasteiger partial charge is 0.311 e. The first kappa shape index (κ1) is 15.6. The van der Waals surface area contributed by atoms with Crippen LogP contribution in [-0.2, 0) is 5.41 Å². The zero-order chi connectivity index (χ0) is 15.0. The summed E-state index contributed by atoms with van der Waals surface area (Å²) < 4.78 is 0. The number of aryl methyl sites for hydroxylation is 2. The maximum Gasteiger partial charge on any atom is 0.00968 e. The lowest BCUT2D eigenvalue weighted by Gasteiger charge is -2.50. The van der Waals surface area contributed by atoms with Crippen molar-refractivity contribution in [1.29, 1.82) is 0 Å². The summed E-state index contributed by atoms with van der Waals surface area (Å²) in [6.45, 7) is 14.7. The first-order valence-electron chi connectivity index (χ1n) is 8.08. The lowest BCUT2D eigenvalue weighted by Crippen LogP contribution is -2.52. The summed E-state index contributed by atoms with van der Waals surface area (Å²) in [6, 6.07) is 7.09. The van der Waals surface area contributed by atoms with E-state index in [4.69, 9.17) is 0 Å². The molecule has 1 saturated carbocycles. The van der Waals surface area contributed by atoms with Crippen molar-refractivity contribution in [3.05, 3.63) is 34.9 Å². The van der Waals surface area contributed by atoms with Gasteiger partial charge in [-0.15, -0.1) is 0 Å². The van der Waals surface area contributed by atoms with E-state index in [2.05, 4.69) is 65.1 Å². The lowest BCUT2D eigenvalue weighted by atomic mass is 9.57. The van der Waals surface area contributed by atoms with Crippen molar-refractivity contribution in [3.63, 3.8) is 0 Å². The third-order valence-corrected chi connectivity index (χ3v) is 4.73. The van der Waals surface area contributed by atoms with Crippen LogP contribution in [0, 0.1) is 19.8 Å². The summed E-state index contributed by atoms with van der Waals surface area (Å²) in [5, 5.41) is 3.75. The molecule has 0 radical (unpaired) electrons. The maximum absolute atomic E-state index is 3.75. The molecule has 0 aliphatic heterocycles. The van der Waals surface area contributed by atoms with Crippen molar-refractivity contribution in [3.8, 4) is 0 Å². The SMILES string of the molecule is CCC1CC(CNC(C)(C)C)(c2cc(C)cc(C)c2)C1. The molecule has 1 N–H and O–H groups in total. The van der Waals surface area contributed by atoms with Crippen LogP contribution in [0.1, 0.15) is 63.6 Å². The van der Waals surface area contributed by atoms with Gasteiger partial charge in [0.05, 0.1) is 0 Å². The molecular weight excluding hydrogens is 242 g/mol. The van der Waals surface area contributed by atoms with E-state index in [0.29, 0.717) is 5.41 Å². The van der Waals surface area contributed by atoms with Gasteiger partial charge in [0.25, 0.3) is 0 Å². The topological polar surface area (TPSA) is 12.0 Å². The van der Waals surface area contributed by atoms with Crippen LogP contribution in [0.2, 0.25) is 0 Å². The van der Waals surface area contributed by atoms with E-state index < -0.39 is 0 Å². The van der Waals surface area contributed by atoms with Gasteiger partial charge in [0.15, 0.2) is 0 Å². The first-order valence-corrected chi connectivity index (χ1v) is 8.08. The molecule has 1 aromatic carbocycles. The molecule has 1 aliphatic carbocycles. The highest BCUT2D eigenvalue weighted by Crippen LogP contribution is 2.49. The van der Waals surface area contributed by atoms with E-state index in [-0.39, 0.29) is 5.54 Å². The number of hydrogen-bond acceptors (Lipinski definition) is 1. The second kappa shape index (κ2) is 5.52. The number of rotatable bonds is 4. The summed E-state index contributed by atoms with van der Waals surface area (Å²) >= 11 is 0. The fourth-order valence-electron chi connectivity index (χ4n) is 3.53. The molecule has 112 valence electrons. The molecule has 0 heterocycles. The second-order valence-corrected chi connectivity index (χ2v) is 7.94. The van der Waals surface area contributed by atoms with Gasteiger partial charge in [-0.05, 0) is 58.9 Å². The molecule has 1 aromatic rings. The smallest absolute Gasteiger partial charge is 0.00968 e. The van der Waals surface area contributed by atoms with Gasteiger partial charge in [-0.1, -0.05) is 42.7 Å². The third-order valence-electron chi connectivity index (χ3n) is 4.73. The van der Waals surface area contributed by atoms with Crippen molar-refractivity contribution in [2.24, 2.45) is 5.92 Å². The van der Waals surface area contributed by atoms with Crippen LogP contribution in [0.25, 0.3) is 0 Å². The van der Waals surface area contributed by atoms with E-state index in [9.17, 15) is 0 Å². The molecule has 0 saturated heterocycles. The first-order chi connectivity index (χ1) is 9.24. The predicted octanol–water partition coefficient (Wildman–Crippen LogP) is 4.75. The van der Waals surface area contributed by atoms with Crippen LogP contribution in [0.5, 0.6) is 0 Å². The van der Waals surface area contributed by atoms with E-state index in [1.807, 2.05) is 0 Å². The van der Waals surface area contributed by atoms with Gasteiger partial charge in [0, 0.05) is 17.5 Å². The lowest BCUT2D eigenvalue weighted by molar-refractivity contribution is 0.124. The summed E-state index contributed by atoms with van der Waals surface area (Å²) in [5.74, 6) is 0.914. The highest BCUT2D eigenvalue weighted by Gasteiger charge is 2.44. The van der Waals surface area contributed by atoms with Gasteiger partial charge in [-0.3, -0.25) is 0 Å². The highest BCUT2D eigenvalue weighted by molar-refractivity contribution is 5.36. The van der Waals surface area contributed by atoms with Crippen LogP contribution in [0.3, 0.4) is 0 Å². The molecule has 20 heavy (non-hydrogen) atoms. The molecule has 0 spiro atoms. The Hall–Kier alpha value is -0.820. The van der Waals surface area contributed by atoms with Gasteiger partial charge >= 0.3 is 0 Å². The van der Waals surface area contributed by atoms with Crippen molar-refractivity contribution in [1.82, 2.24) is 5.32 Å². The molecule has 1 aliphatic rings. The Morgan fingerprint density at radius 2 is 1.65 bits per heavy atom. The molecule has 1 fully saturated rings. The van der Waals surface area contributed by atoms with Crippen molar-refractivity contribution in [2.45, 2.75) is 71.8 Å². The highest BCUT2D eigenvalue weighted by atomic mass is 15.0. The molecule has 0 unspecified atom stereocenters. The van der Waals surface area contributed by atoms with Crippen LogP contribution >= 0.6 is 0 Å². The molecule has 1 nitrogen and oxygen atoms in total. The molecule has 1 heteroatoms. The summed E-state index contributed by atoms with van der Waals surface area (Å²) in [7, 11) is 0. The van der Waals surface area contributed by atoms with Crippen molar-refractivity contribution in [2.75, 3.05) is 6.54 Å². The maximum atomic E-state index is 3.75. The van der Waals surface area contributed by atoms with Crippen molar-refractivity contribution < 1.29 is 0 Å². The van der Waals surface area contributed by atoms with Gasteiger partial charge in [-0.2, -0.15) is 0 Å². The molecule has 0 amide bonds. The van der Waals surface area contributed by atoms with Crippen molar-refractivity contribution >= 4 is 0 Å². The number of benzene rings is 1. The minimum absolute atomic E-state index is 0.198. The van der Waals surface area contributed by atoms with Crippen LogP contribution in [-0.4, -0.2) is 12.1 Å². The van der Waals surface area contributed by atoms with Crippen LogP contribution < -0.4 is 5.32 Å². The average Bonchev–Trinajstić information content (AvgIpc) is 2.25. The molecule has 2 rings (SSSR count). The summed E-state index contributed by atoms with van der Waals surface area (Å²) in [4.78, 5) is 0. The standard InChI is InChI=1S/C19H31N/c1-7-16-11-19(12-16,13-20-18(4,5)6)17-9-14(2)8-15(3)10-17/h8-10,16,20H,7,11-13H2,1-6H3. The third kappa shape index (κ3) is 3.44. The normalized spacial score (nSPS) is 26.4. The molecule has 0 atom stereocenters. The van der Waals surface area contributed by atoms with Crippen LogP contribution in [0.15, 0.2) is 18.2 Å². The fourth-order valence-corrected chi connectivity index (χ4v) is 3.53. The van der Waals surface area contributed by atoms with E-state index in [0.717, 1.165) is 12.5 Å². The quantitative estimate of drug-likeness (QED) is 0.835. The Morgan fingerprint density at radius 1 is 1.10 bits per heavy atom. The molecular formula is C19H31N. The monoisotopic (exact) mass is 273 g/mol. The minimum atomic E-state index is 0.198. The molecule has 0 bridgehead atoms. The second-order valence-electron chi connectivity index (χ2n) is 7.94. The Labute approximate surface area is 125 Å². The number of nitrogens with one attached hydrogen (secondary N) is 1. The Balaban J connectivity index is 2.23. The van der Waals surface area contributed by atoms with E-state index in [1.54, 1.807) is 5.56 Å². The molecule has 0 aromatic heterocycles. The average molecular weight is 273 g/mol. The summed E-state index contributed by atoms with van der Waals surface area (Å²) in [5.41, 5.74) is 4.91. The van der Waals surface area contributed by atoms with E-state index >= 15 is 0 Å². The number of hydrogen-bond donors (Lipinski definition) is 1. The minimum Gasteiger partial charge on any atom is -0.311 e. The fraction of sp³-hybridized carbons (Fsp3) is 0.684. The van der Waals surface area contributed by atoms with Gasteiger partial charge in [0.2, 0.25) is 0 Å². The van der Waals surface area contributed by atoms with Crippen LogP contribution in [0.4, 0.5) is 0 Å². The Kier molecular flexibility index (Phi) is 4.30. The Morgan fingerprint density at radius 3 is 2.10 bits per heavy atom. The zero-order valence-corrected chi connectivity index (χ0v) is 14.1. The summed E-state index contributed by atoms with van der Waals surface area (Å²) in [6.07, 6.45) is 4.01. The van der Waals surface area contributed by atoms with E-state index in [1.165, 1.54) is 30.4 Å². The zero-order valence-electron chi connectivity index (χ0n) is 14.1. The van der Waals surface area contributed by atoms with Gasteiger partial charge in [-0.25, -0.2) is 0 Å². The van der Waals surface area contributed by atoms with Gasteiger partial charge < -0.3 is 5.32 Å². The predicted molar refractivity (Wildman–Crippen MR) is 88.4 cm³/mol.